The van der Waals surface area contributed by atoms with Gasteiger partial charge in [-0.15, -0.1) is 10.2 Å². The highest BCUT2D eigenvalue weighted by Gasteiger charge is 2.22. The number of hydrogen-bond acceptors (Lipinski definition) is 6. The van der Waals surface area contributed by atoms with E-state index in [-0.39, 0.29) is 28.7 Å². The molecule has 0 aliphatic rings. The zero-order valence-electron chi connectivity index (χ0n) is 16.4. The highest BCUT2D eigenvalue weighted by molar-refractivity contribution is 5.77. The van der Waals surface area contributed by atoms with Crippen molar-refractivity contribution in [3.63, 3.8) is 0 Å². The van der Waals surface area contributed by atoms with Gasteiger partial charge >= 0.3 is 0 Å². The molecule has 0 radical (unpaired) electrons. The molecule has 0 aliphatic carbocycles. The van der Waals surface area contributed by atoms with Crippen LogP contribution in [0.1, 0.15) is 30.0 Å². The molecule has 9 heteroatoms. The van der Waals surface area contributed by atoms with E-state index in [1.165, 1.54) is 18.2 Å². The standard InChI is InChI=1S/C22H18F3N5O/c1-2-12-3-6-17(16(24)11-12)28-20-14(4-5-15(23)18(20)25)21-29-30-22(31-21)19(26)13-7-9-27-10-8-13/h3-11,19,28H,2,26H2,1H3. The third-order valence-corrected chi connectivity index (χ3v) is 4.80. The molecule has 0 aliphatic heterocycles. The van der Waals surface area contributed by atoms with Crippen molar-refractivity contribution in [3.05, 3.63) is 89.3 Å². The highest BCUT2D eigenvalue weighted by Crippen LogP contribution is 2.35. The van der Waals surface area contributed by atoms with Crippen LogP contribution in [0.2, 0.25) is 0 Å². The fourth-order valence-electron chi connectivity index (χ4n) is 3.05. The van der Waals surface area contributed by atoms with Gasteiger partial charge in [-0.25, -0.2) is 13.2 Å². The minimum Gasteiger partial charge on any atom is -0.419 e. The molecule has 31 heavy (non-hydrogen) atoms. The Labute approximate surface area is 176 Å². The van der Waals surface area contributed by atoms with Crippen molar-refractivity contribution >= 4 is 11.4 Å². The smallest absolute Gasteiger partial charge is 0.250 e. The van der Waals surface area contributed by atoms with Crippen molar-refractivity contribution in [2.24, 2.45) is 5.73 Å². The number of anilines is 2. The lowest BCUT2D eigenvalue weighted by molar-refractivity contribution is 0.482. The Kier molecular flexibility index (Phi) is 5.68. The SMILES string of the molecule is CCc1ccc(Nc2c(-c3nnc(C(N)c4ccncc4)o3)ccc(F)c2F)c(F)c1. The van der Waals surface area contributed by atoms with Gasteiger partial charge in [0, 0.05) is 12.4 Å². The molecule has 4 aromatic rings. The van der Waals surface area contributed by atoms with Crippen LogP contribution in [0, 0.1) is 17.5 Å². The van der Waals surface area contributed by atoms with Crippen molar-refractivity contribution in [2.45, 2.75) is 19.4 Å². The maximum Gasteiger partial charge on any atom is 0.250 e. The fraction of sp³-hybridized carbons (Fsp3) is 0.136. The summed E-state index contributed by atoms with van der Waals surface area (Å²) >= 11 is 0. The van der Waals surface area contributed by atoms with Gasteiger partial charge in [-0.2, -0.15) is 0 Å². The summed E-state index contributed by atoms with van der Waals surface area (Å²) in [6, 6.07) is 9.35. The molecule has 2 aromatic carbocycles. The van der Waals surface area contributed by atoms with Crippen LogP contribution in [0.15, 0.2) is 59.3 Å². The largest absolute Gasteiger partial charge is 0.419 e. The summed E-state index contributed by atoms with van der Waals surface area (Å²) in [6.45, 7) is 1.88. The molecule has 0 saturated heterocycles. The normalized spacial score (nSPS) is 12.0. The number of aryl methyl sites for hydroxylation is 1. The van der Waals surface area contributed by atoms with Gasteiger partial charge in [0.2, 0.25) is 11.8 Å². The van der Waals surface area contributed by atoms with E-state index >= 15 is 0 Å². The summed E-state index contributed by atoms with van der Waals surface area (Å²) in [7, 11) is 0. The number of benzene rings is 2. The summed E-state index contributed by atoms with van der Waals surface area (Å²) in [5, 5.41) is 10.5. The summed E-state index contributed by atoms with van der Waals surface area (Å²) < 4.78 is 48.7. The van der Waals surface area contributed by atoms with E-state index in [1.807, 2.05) is 6.92 Å². The lowest BCUT2D eigenvalue weighted by Crippen LogP contribution is -2.12. The Morgan fingerprint density at radius 3 is 2.48 bits per heavy atom. The Hall–Kier alpha value is -3.72. The molecule has 0 saturated carbocycles. The molecule has 2 aromatic heterocycles. The number of nitrogens with one attached hydrogen (secondary N) is 1. The Bertz CT molecular complexity index is 1210. The molecule has 4 rings (SSSR count). The number of aromatic nitrogens is 3. The van der Waals surface area contributed by atoms with Crippen LogP contribution in [0.4, 0.5) is 24.5 Å². The first-order valence-electron chi connectivity index (χ1n) is 9.50. The first kappa shape index (κ1) is 20.5. The van der Waals surface area contributed by atoms with Crippen LogP contribution >= 0.6 is 0 Å². The van der Waals surface area contributed by atoms with Crippen LogP contribution in [0.25, 0.3) is 11.5 Å². The first-order valence-corrected chi connectivity index (χ1v) is 9.50. The molecular weight excluding hydrogens is 407 g/mol. The van der Waals surface area contributed by atoms with Crippen LogP contribution < -0.4 is 11.1 Å². The minimum atomic E-state index is -1.20. The number of hydrogen-bond donors (Lipinski definition) is 2. The third-order valence-electron chi connectivity index (χ3n) is 4.80. The molecule has 1 unspecified atom stereocenters. The van der Waals surface area contributed by atoms with E-state index in [0.717, 1.165) is 11.6 Å². The van der Waals surface area contributed by atoms with Crippen molar-refractivity contribution in [1.29, 1.82) is 0 Å². The van der Waals surface area contributed by atoms with E-state index in [4.69, 9.17) is 10.2 Å². The lowest BCUT2D eigenvalue weighted by Gasteiger charge is -2.13. The van der Waals surface area contributed by atoms with Gasteiger partial charge in [0.1, 0.15) is 11.9 Å². The van der Waals surface area contributed by atoms with Crippen LogP contribution in [0.5, 0.6) is 0 Å². The summed E-state index contributed by atoms with van der Waals surface area (Å²) in [5.74, 6) is -2.92. The molecule has 6 nitrogen and oxygen atoms in total. The molecule has 0 amide bonds. The first-order chi connectivity index (χ1) is 15.0. The maximum atomic E-state index is 14.7. The van der Waals surface area contributed by atoms with E-state index in [2.05, 4.69) is 20.5 Å². The van der Waals surface area contributed by atoms with Crippen LogP contribution in [0.3, 0.4) is 0 Å². The second-order valence-corrected chi connectivity index (χ2v) is 6.78. The average molecular weight is 425 g/mol. The number of pyridine rings is 1. The fourth-order valence-corrected chi connectivity index (χ4v) is 3.05. The molecule has 0 fully saturated rings. The zero-order valence-corrected chi connectivity index (χ0v) is 16.4. The molecule has 3 N–H and O–H groups in total. The zero-order chi connectivity index (χ0) is 22.0. The topological polar surface area (TPSA) is 89.9 Å². The Morgan fingerprint density at radius 2 is 1.77 bits per heavy atom. The lowest BCUT2D eigenvalue weighted by atomic mass is 10.1. The van der Waals surface area contributed by atoms with Gasteiger partial charge < -0.3 is 15.5 Å². The number of nitrogens with zero attached hydrogens (tertiary/aromatic N) is 3. The van der Waals surface area contributed by atoms with Crippen molar-refractivity contribution in [2.75, 3.05) is 5.32 Å². The number of rotatable bonds is 6. The second-order valence-electron chi connectivity index (χ2n) is 6.78. The highest BCUT2D eigenvalue weighted by atomic mass is 19.2. The summed E-state index contributed by atoms with van der Waals surface area (Å²) in [4.78, 5) is 3.92. The van der Waals surface area contributed by atoms with E-state index in [1.54, 1.807) is 30.6 Å². The van der Waals surface area contributed by atoms with Crippen molar-refractivity contribution < 1.29 is 17.6 Å². The molecule has 158 valence electrons. The quantitative estimate of drug-likeness (QED) is 0.457. The number of nitrogens with two attached hydrogens (primary N) is 1. The Balaban J connectivity index is 1.72. The van der Waals surface area contributed by atoms with Gasteiger partial charge in [-0.05, 0) is 53.9 Å². The van der Waals surface area contributed by atoms with Crippen LogP contribution in [-0.2, 0) is 6.42 Å². The summed E-state index contributed by atoms with van der Waals surface area (Å²) in [5.41, 5.74) is 7.33. The molecule has 0 spiro atoms. The van der Waals surface area contributed by atoms with Crippen molar-refractivity contribution in [1.82, 2.24) is 15.2 Å². The minimum absolute atomic E-state index is 0.0174. The monoisotopic (exact) mass is 425 g/mol. The molecule has 0 bridgehead atoms. The van der Waals surface area contributed by atoms with Gasteiger partial charge in [-0.1, -0.05) is 13.0 Å². The average Bonchev–Trinajstić information content (AvgIpc) is 3.28. The predicted molar refractivity (Wildman–Crippen MR) is 109 cm³/mol. The molecule has 2 heterocycles. The van der Waals surface area contributed by atoms with Gasteiger partial charge in [-0.3, -0.25) is 4.98 Å². The third kappa shape index (κ3) is 4.13. The maximum absolute atomic E-state index is 14.7. The predicted octanol–water partition coefficient (Wildman–Crippen LogP) is 4.90. The summed E-state index contributed by atoms with van der Waals surface area (Å²) in [6.07, 6.45) is 3.78. The van der Waals surface area contributed by atoms with Gasteiger partial charge in [0.25, 0.3) is 0 Å². The van der Waals surface area contributed by atoms with E-state index < -0.39 is 23.5 Å². The van der Waals surface area contributed by atoms with E-state index in [0.29, 0.717) is 12.0 Å². The molecular formula is C22H18F3N5O. The van der Waals surface area contributed by atoms with Gasteiger partial charge in [0.05, 0.1) is 16.9 Å². The molecule has 1 atom stereocenters. The van der Waals surface area contributed by atoms with E-state index in [9.17, 15) is 13.2 Å². The van der Waals surface area contributed by atoms with Crippen molar-refractivity contribution in [3.8, 4) is 11.5 Å². The van der Waals surface area contributed by atoms with Gasteiger partial charge in [0.15, 0.2) is 11.6 Å². The second kappa shape index (κ2) is 8.57. The number of halogens is 3. The van der Waals surface area contributed by atoms with Crippen LogP contribution in [-0.4, -0.2) is 15.2 Å². The Morgan fingerprint density at radius 1 is 1.00 bits per heavy atom.